The fourth-order valence-corrected chi connectivity index (χ4v) is 9.71. The molecule has 0 unspecified atom stereocenters. The number of fused-ring (bicyclic) bond motifs is 7. The normalized spacial score (nSPS) is 11.7. The number of hydrogen-bond donors (Lipinski definition) is 0. The Balaban J connectivity index is 1.19. The molecule has 0 spiro atoms. The van der Waals surface area contributed by atoms with E-state index in [-0.39, 0.29) is 0 Å². The molecule has 0 fully saturated rings. The molecule has 1 nitrogen and oxygen atoms in total. The SMILES string of the molecule is c1ccc(-c2ccc(N(c3ccc4sc5ccccc5c4c3)c3cccc4c3sc3c(-c5ccc6ccccc6c5)cccc34)cc2)cc1. The van der Waals surface area contributed by atoms with Crippen molar-refractivity contribution in [1.82, 2.24) is 0 Å². The highest BCUT2D eigenvalue weighted by atomic mass is 32.1. The predicted octanol–water partition coefficient (Wildman–Crippen LogP) is 14.4. The molecule has 0 aliphatic rings. The molecule has 0 aliphatic heterocycles. The van der Waals surface area contributed by atoms with Crippen molar-refractivity contribution in [3.8, 4) is 22.3 Å². The summed E-state index contributed by atoms with van der Waals surface area (Å²) in [6.07, 6.45) is 0. The van der Waals surface area contributed by atoms with Gasteiger partial charge in [-0.25, -0.2) is 0 Å². The summed E-state index contributed by atoms with van der Waals surface area (Å²) < 4.78 is 5.23. The van der Waals surface area contributed by atoms with E-state index in [1.807, 2.05) is 22.7 Å². The summed E-state index contributed by atoms with van der Waals surface area (Å²) in [5.74, 6) is 0. The van der Waals surface area contributed by atoms with Gasteiger partial charge in [0.2, 0.25) is 0 Å². The Labute approximate surface area is 292 Å². The lowest BCUT2D eigenvalue weighted by Crippen LogP contribution is -2.10. The summed E-state index contributed by atoms with van der Waals surface area (Å²) in [6, 6.07) is 64.4. The molecule has 0 bridgehead atoms. The second kappa shape index (κ2) is 11.5. The van der Waals surface area contributed by atoms with E-state index < -0.39 is 0 Å². The van der Waals surface area contributed by atoms with E-state index in [4.69, 9.17) is 0 Å². The van der Waals surface area contributed by atoms with Crippen LogP contribution in [-0.2, 0) is 0 Å². The highest BCUT2D eigenvalue weighted by molar-refractivity contribution is 7.27. The smallest absolute Gasteiger partial charge is 0.0640 e. The van der Waals surface area contributed by atoms with Crippen LogP contribution in [0.15, 0.2) is 176 Å². The highest BCUT2D eigenvalue weighted by Crippen LogP contribution is 2.48. The van der Waals surface area contributed by atoms with E-state index in [9.17, 15) is 0 Å². The minimum atomic E-state index is 1.14. The van der Waals surface area contributed by atoms with Crippen LogP contribution in [0.5, 0.6) is 0 Å². The van der Waals surface area contributed by atoms with Crippen molar-refractivity contribution >= 4 is 90.9 Å². The molecule has 49 heavy (non-hydrogen) atoms. The molecule has 8 aromatic carbocycles. The first-order chi connectivity index (χ1) is 24.3. The summed E-state index contributed by atoms with van der Waals surface area (Å²) in [7, 11) is 0. The van der Waals surface area contributed by atoms with Crippen molar-refractivity contribution in [2.24, 2.45) is 0 Å². The first kappa shape index (κ1) is 28.3. The topological polar surface area (TPSA) is 3.24 Å². The lowest BCUT2D eigenvalue weighted by atomic mass is 9.99. The van der Waals surface area contributed by atoms with Crippen molar-refractivity contribution in [2.45, 2.75) is 0 Å². The first-order valence-corrected chi connectivity index (χ1v) is 18.2. The minimum absolute atomic E-state index is 1.14. The van der Waals surface area contributed by atoms with E-state index in [0.717, 1.165) is 11.4 Å². The summed E-state index contributed by atoms with van der Waals surface area (Å²) >= 11 is 3.76. The van der Waals surface area contributed by atoms with Crippen LogP contribution in [0.3, 0.4) is 0 Å². The zero-order valence-electron chi connectivity index (χ0n) is 26.5. The molecule has 230 valence electrons. The Bertz CT molecular complexity index is 2830. The standard InChI is InChI=1S/C46H29NS2/c1-2-10-30(11-3-1)32-22-24-35(25-23-32)47(36-26-27-44-41(29-36)38-14-6-7-19-43(38)48-44)42-18-9-17-40-39-16-8-15-37(45(39)49-46(40)42)34-21-20-31-12-4-5-13-33(31)28-34/h1-29H. The average Bonchev–Trinajstić information content (AvgIpc) is 3.74. The molecule has 10 rings (SSSR count). The maximum Gasteiger partial charge on any atom is 0.0640 e. The van der Waals surface area contributed by atoms with Crippen LogP contribution in [-0.4, -0.2) is 0 Å². The second-order valence-electron chi connectivity index (χ2n) is 12.5. The molecular formula is C46H29NS2. The molecule has 0 saturated carbocycles. The lowest BCUT2D eigenvalue weighted by molar-refractivity contribution is 1.31. The van der Waals surface area contributed by atoms with E-state index in [1.54, 1.807) is 0 Å². The van der Waals surface area contributed by atoms with Crippen LogP contribution < -0.4 is 4.90 Å². The molecule has 0 radical (unpaired) electrons. The number of benzene rings is 8. The molecule has 3 heteroatoms. The van der Waals surface area contributed by atoms with Gasteiger partial charge in [-0.1, -0.05) is 127 Å². The van der Waals surface area contributed by atoms with Gasteiger partial charge in [0.05, 0.1) is 10.4 Å². The molecule has 0 N–H and O–H groups in total. The monoisotopic (exact) mass is 659 g/mol. The summed E-state index contributed by atoms with van der Waals surface area (Å²) in [5.41, 5.74) is 8.44. The Morgan fingerprint density at radius 3 is 1.88 bits per heavy atom. The highest BCUT2D eigenvalue weighted by Gasteiger charge is 2.20. The lowest BCUT2D eigenvalue weighted by Gasteiger charge is -2.26. The van der Waals surface area contributed by atoms with Crippen molar-refractivity contribution in [2.75, 3.05) is 4.90 Å². The maximum absolute atomic E-state index is 2.45. The van der Waals surface area contributed by atoms with Crippen LogP contribution in [0.25, 0.3) is 73.4 Å². The van der Waals surface area contributed by atoms with Gasteiger partial charge in [-0.05, 0) is 81.6 Å². The summed E-state index contributed by atoms with van der Waals surface area (Å²) in [6.45, 7) is 0. The van der Waals surface area contributed by atoms with Crippen molar-refractivity contribution in [3.63, 3.8) is 0 Å². The molecule has 10 aromatic rings. The summed E-state index contributed by atoms with van der Waals surface area (Å²) in [4.78, 5) is 2.45. The van der Waals surface area contributed by atoms with Crippen molar-refractivity contribution in [1.29, 1.82) is 0 Å². The van der Waals surface area contributed by atoms with Gasteiger partial charge in [0, 0.05) is 47.0 Å². The van der Waals surface area contributed by atoms with E-state index in [2.05, 4.69) is 181 Å². The van der Waals surface area contributed by atoms with Crippen LogP contribution >= 0.6 is 22.7 Å². The van der Waals surface area contributed by atoms with Crippen LogP contribution in [0.1, 0.15) is 0 Å². The quantitative estimate of drug-likeness (QED) is 0.178. The number of hydrogen-bond acceptors (Lipinski definition) is 3. The number of anilines is 3. The van der Waals surface area contributed by atoms with Crippen LogP contribution in [0, 0.1) is 0 Å². The third-order valence-corrected chi connectivity index (χ3v) is 12.1. The molecule has 2 heterocycles. The summed E-state index contributed by atoms with van der Waals surface area (Å²) in [5, 5.41) is 7.72. The Hall–Kier alpha value is -5.74. The van der Waals surface area contributed by atoms with Gasteiger partial charge in [0.25, 0.3) is 0 Å². The molecule has 0 atom stereocenters. The number of thiophene rings is 2. The largest absolute Gasteiger partial charge is 0.309 e. The van der Waals surface area contributed by atoms with E-state index in [1.165, 1.54) is 79.1 Å². The third kappa shape index (κ3) is 4.74. The van der Waals surface area contributed by atoms with E-state index in [0.29, 0.717) is 0 Å². The van der Waals surface area contributed by atoms with Crippen LogP contribution in [0.2, 0.25) is 0 Å². The Morgan fingerprint density at radius 2 is 1.00 bits per heavy atom. The van der Waals surface area contributed by atoms with E-state index >= 15 is 0 Å². The van der Waals surface area contributed by atoms with Gasteiger partial charge < -0.3 is 4.90 Å². The van der Waals surface area contributed by atoms with Crippen molar-refractivity contribution < 1.29 is 0 Å². The number of rotatable bonds is 5. The second-order valence-corrected chi connectivity index (χ2v) is 14.6. The maximum atomic E-state index is 2.45. The molecule has 0 aliphatic carbocycles. The predicted molar refractivity (Wildman–Crippen MR) is 215 cm³/mol. The number of nitrogens with zero attached hydrogens (tertiary/aromatic N) is 1. The Morgan fingerprint density at radius 1 is 0.347 bits per heavy atom. The van der Waals surface area contributed by atoms with Crippen molar-refractivity contribution in [3.05, 3.63) is 176 Å². The third-order valence-electron chi connectivity index (χ3n) is 9.66. The molecule has 0 amide bonds. The van der Waals surface area contributed by atoms with Gasteiger partial charge >= 0.3 is 0 Å². The Kier molecular flexibility index (Phi) is 6.61. The van der Waals surface area contributed by atoms with Gasteiger partial charge in [-0.3, -0.25) is 0 Å². The van der Waals surface area contributed by atoms with Gasteiger partial charge in [0.1, 0.15) is 0 Å². The van der Waals surface area contributed by atoms with Gasteiger partial charge in [-0.15, -0.1) is 22.7 Å². The fourth-order valence-electron chi connectivity index (χ4n) is 7.28. The molecular weight excluding hydrogens is 631 g/mol. The fraction of sp³-hybridized carbons (Fsp3) is 0. The van der Waals surface area contributed by atoms with Gasteiger partial charge in [-0.2, -0.15) is 0 Å². The zero-order valence-corrected chi connectivity index (χ0v) is 28.1. The zero-order chi connectivity index (χ0) is 32.3. The molecule has 0 saturated heterocycles. The minimum Gasteiger partial charge on any atom is -0.309 e. The van der Waals surface area contributed by atoms with Gasteiger partial charge in [0.15, 0.2) is 0 Å². The first-order valence-electron chi connectivity index (χ1n) is 16.6. The average molecular weight is 660 g/mol. The van der Waals surface area contributed by atoms with Crippen LogP contribution in [0.4, 0.5) is 17.1 Å². The molecule has 2 aromatic heterocycles.